The number of carbonyl (C=O) groups is 1. The number of benzene rings is 1. The van der Waals surface area contributed by atoms with E-state index in [-0.39, 0.29) is 24.4 Å². The number of nitrogens with one attached hydrogen (secondary N) is 2. The van der Waals surface area contributed by atoms with Crippen LogP contribution in [0.5, 0.6) is 0 Å². The maximum atomic E-state index is 12.3. The van der Waals surface area contributed by atoms with Crippen LogP contribution in [0.4, 0.5) is 0 Å². The van der Waals surface area contributed by atoms with Gasteiger partial charge in [-0.2, -0.15) is 5.10 Å². The molecule has 23 heavy (non-hydrogen) atoms. The lowest BCUT2D eigenvalue weighted by Gasteiger charge is -2.30. The number of nitrogens with zero attached hydrogens (tertiary/aromatic N) is 2. The molecule has 124 valence electrons. The van der Waals surface area contributed by atoms with E-state index in [9.17, 15) is 4.79 Å². The van der Waals surface area contributed by atoms with Crippen molar-refractivity contribution in [2.75, 3.05) is 6.54 Å². The molecule has 1 amide bonds. The smallest absolute Gasteiger partial charge is 0.251 e. The summed E-state index contributed by atoms with van der Waals surface area (Å²) in [7, 11) is 0. The summed E-state index contributed by atoms with van der Waals surface area (Å²) in [6, 6.07) is 8.07. The second-order valence-corrected chi connectivity index (χ2v) is 5.97. The highest BCUT2D eigenvalue weighted by atomic mass is 35.5. The standard InChI is InChI=1S/C17H22N4O.ClH/c1-12-10-19-21(11-12)15-7-5-14(6-8-15)17(22)20-16-4-3-9-18-13(16)2;/h5-8,10-11,13,16,18H,3-4,9H2,1-2H3,(H,20,22);1H. The van der Waals surface area contributed by atoms with Crippen molar-refractivity contribution in [3.63, 3.8) is 0 Å². The van der Waals surface area contributed by atoms with Crippen LogP contribution in [0.2, 0.25) is 0 Å². The number of hydrogen-bond donors (Lipinski definition) is 2. The Hall–Kier alpha value is -1.85. The van der Waals surface area contributed by atoms with Gasteiger partial charge in [0.25, 0.3) is 5.91 Å². The van der Waals surface area contributed by atoms with E-state index >= 15 is 0 Å². The number of halogens is 1. The highest BCUT2D eigenvalue weighted by molar-refractivity contribution is 5.94. The molecule has 1 aliphatic rings. The first-order valence-corrected chi connectivity index (χ1v) is 7.79. The Morgan fingerprint density at radius 1 is 1.35 bits per heavy atom. The van der Waals surface area contributed by atoms with Gasteiger partial charge in [0.1, 0.15) is 0 Å². The monoisotopic (exact) mass is 334 g/mol. The van der Waals surface area contributed by atoms with Crippen LogP contribution in [0.3, 0.4) is 0 Å². The van der Waals surface area contributed by atoms with Crippen LogP contribution in [-0.2, 0) is 0 Å². The predicted octanol–water partition coefficient (Wildman–Crippen LogP) is 2.47. The largest absolute Gasteiger partial charge is 0.348 e. The third-order valence-corrected chi connectivity index (χ3v) is 4.18. The van der Waals surface area contributed by atoms with E-state index in [0.29, 0.717) is 11.6 Å². The Morgan fingerprint density at radius 3 is 2.70 bits per heavy atom. The van der Waals surface area contributed by atoms with Crippen molar-refractivity contribution < 1.29 is 4.79 Å². The summed E-state index contributed by atoms with van der Waals surface area (Å²) in [5.41, 5.74) is 2.75. The molecule has 1 aromatic carbocycles. The van der Waals surface area contributed by atoms with Crippen LogP contribution in [0.25, 0.3) is 5.69 Å². The van der Waals surface area contributed by atoms with E-state index in [4.69, 9.17) is 0 Å². The van der Waals surface area contributed by atoms with Gasteiger partial charge in [0.2, 0.25) is 0 Å². The van der Waals surface area contributed by atoms with Crippen LogP contribution in [0.15, 0.2) is 36.7 Å². The summed E-state index contributed by atoms with van der Waals surface area (Å²) in [4.78, 5) is 12.3. The number of rotatable bonds is 3. The number of piperidine rings is 1. The van der Waals surface area contributed by atoms with E-state index in [1.807, 2.05) is 48.3 Å². The maximum Gasteiger partial charge on any atom is 0.251 e. The first kappa shape index (κ1) is 17.5. The van der Waals surface area contributed by atoms with Gasteiger partial charge in [-0.15, -0.1) is 12.4 Å². The zero-order chi connectivity index (χ0) is 15.5. The summed E-state index contributed by atoms with van der Waals surface area (Å²) in [5.74, 6) is -0.0104. The lowest BCUT2D eigenvalue weighted by molar-refractivity contribution is 0.0920. The Balaban J connectivity index is 0.00000192. The van der Waals surface area contributed by atoms with Gasteiger partial charge in [0.05, 0.1) is 11.9 Å². The third-order valence-electron chi connectivity index (χ3n) is 4.18. The van der Waals surface area contributed by atoms with Gasteiger partial charge in [-0.25, -0.2) is 4.68 Å². The fraction of sp³-hybridized carbons (Fsp3) is 0.412. The molecule has 0 aliphatic carbocycles. The normalized spacial score (nSPS) is 20.6. The van der Waals surface area contributed by atoms with Gasteiger partial charge >= 0.3 is 0 Å². The number of aromatic nitrogens is 2. The first-order chi connectivity index (χ1) is 10.6. The lowest BCUT2D eigenvalue weighted by Crippen LogP contribution is -2.51. The molecule has 1 saturated heterocycles. The molecule has 5 nitrogen and oxygen atoms in total. The molecule has 1 aliphatic heterocycles. The Morgan fingerprint density at radius 2 is 2.09 bits per heavy atom. The molecule has 6 heteroatoms. The van der Waals surface area contributed by atoms with Gasteiger partial charge in [-0.3, -0.25) is 4.79 Å². The molecule has 2 heterocycles. The highest BCUT2D eigenvalue weighted by Gasteiger charge is 2.22. The molecule has 0 saturated carbocycles. The molecule has 2 N–H and O–H groups in total. The number of hydrogen-bond acceptors (Lipinski definition) is 3. The van der Waals surface area contributed by atoms with Crippen molar-refractivity contribution in [1.29, 1.82) is 0 Å². The van der Waals surface area contributed by atoms with E-state index in [2.05, 4.69) is 22.7 Å². The molecule has 0 spiro atoms. The van der Waals surface area contributed by atoms with Crippen molar-refractivity contribution in [2.24, 2.45) is 0 Å². The van der Waals surface area contributed by atoms with E-state index in [1.165, 1.54) is 0 Å². The summed E-state index contributed by atoms with van der Waals surface area (Å²) in [5, 5.41) is 10.8. The minimum Gasteiger partial charge on any atom is -0.348 e. The quantitative estimate of drug-likeness (QED) is 0.906. The SMILES string of the molecule is Cc1cnn(-c2ccc(C(=O)NC3CCCNC3C)cc2)c1.Cl. The van der Waals surface area contributed by atoms with Crippen LogP contribution in [0, 0.1) is 6.92 Å². The average molecular weight is 335 g/mol. The summed E-state index contributed by atoms with van der Waals surface area (Å²) in [6.07, 6.45) is 5.92. The molecule has 1 fully saturated rings. The molecular weight excluding hydrogens is 312 g/mol. The van der Waals surface area contributed by atoms with Gasteiger partial charge in [0.15, 0.2) is 0 Å². The van der Waals surface area contributed by atoms with Gasteiger partial charge in [-0.1, -0.05) is 0 Å². The minimum atomic E-state index is -0.0104. The summed E-state index contributed by atoms with van der Waals surface area (Å²) < 4.78 is 1.81. The fourth-order valence-corrected chi connectivity index (χ4v) is 2.81. The third kappa shape index (κ3) is 4.12. The fourth-order valence-electron chi connectivity index (χ4n) is 2.81. The summed E-state index contributed by atoms with van der Waals surface area (Å²) in [6.45, 7) is 5.16. The molecule has 2 aromatic rings. The Bertz CT molecular complexity index is 653. The van der Waals surface area contributed by atoms with E-state index in [0.717, 1.165) is 30.6 Å². The van der Waals surface area contributed by atoms with Crippen LogP contribution in [-0.4, -0.2) is 34.3 Å². The van der Waals surface area contributed by atoms with Crippen LogP contribution < -0.4 is 10.6 Å². The number of aryl methyl sites for hydroxylation is 1. The van der Waals surface area contributed by atoms with Crippen molar-refractivity contribution >= 4 is 18.3 Å². The highest BCUT2D eigenvalue weighted by Crippen LogP contribution is 2.12. The van der Waals surface area contributed by atoms with Crippen molar-refractivity contribution in [1.82, 2.24) is 20.4 Å². The molecule has 3 rings (SSSR count). The average Bonchev–Trinajstić information content (AvgIpc) is 2.96. The van der Waals surface area contributed by atoms with Crippen LogP contribution >= 0.6 is 12.4 Å². The molecule has 2 unspecified atom stereocenters. The van der Waals surface area contributed by atoms with Crippen molar-refractivity contribution in [2.45, 2.75) is 38.8 Å². The summed E-state index contributed by atoms with van der Waals surface area (Å²) >= 11 is 0. The maximum absolute atomic E-state index is 12.3. The van der Waals surface area contributed by atoms with E-state index < -0.39 is 0 Å². The molecule has 1 aromatic heterocycles. The van der Waals surface area contributed by atoms with Gasteiger partial charge in [0, 0.05) is 23.8 Å². The Labute approximate surface area is 142 Å². The number of carbonyl (C=O) groups excluding carboxylic acids is 1. The molecule has 0 radical (unpaired) electrons. The number of amides is 1. The van der Waals surface area contributed by atoms with Gasteiger partial charge < -0.3 is 10.6 Å². The second-order valence-electron chi connectivity index (χ2n) is 5.97. The van der Waals surface area contributed by atoms with Crippen LogP contribution in [0.1, 0.15) is 35.7 Å². The lowest BCUT2D eigenvalue weighted by atomic mass is 9.99. The molecule has 0 bridgehead atoms. The second kappa shape index (κ2) is 7.62. The zero-order valence-electron chi connectivity index (χ0n) is 13.5. The minimum absolute atomic E-state index is 0. The van der Waals surface area contributed by atoms with E-state index in [1.54, 1.807) is 0 Å². The van der Waals surface area contributed by atoms with Crippen molar-refractivity contribution in [3.05, 3.63) is 47.8 Å². The topological polar surface area (TPSA) is 59.0 Å². The van der Waals surface area contributed by atoms with Crippen molar-refractivity contribution in [3.8, 4) is 5.69 Å². The van der Waals surface area contributed by atoms with Gasteiger partial charge in [-0.05, 0) is 63.1 Å². The first-order valence-electron chi connectivity index (χ1n) is 7.79. The Kier molecular flexibility index (Phi) is 5.80. The zero-order valence-corrected chi connectivity index (χ0v) is 14.3. The predicted molar refractivity (Wildman–Crippen MR) is 93.5 cm³/mol. The molecular formula is C17H23ClN4O. The molecule has 2 atom stereocenters.